The number of hydrogen-bond acceptors (Lipinski definition) is 4. The van der Waals surface area contributed by atoms with Gasteiger partial charge in [-0.3, -0.25) is 4.79 Å². The van der Waals surface area contributed by atoms with E-state index in [-0.39, 0.29) is 28.9 Å². The standard InChI is InChI=1S/C21H34N2O3/c1-19(2,3)15-10-14(11-16(18(15)25)20(4,5)6)12-22-26-13-17(24)23-21(7,8)9/h10-12,25H,13H2,1-9H3,(H,23,24)/b22-12+. The van der Waals surface area contributed by atoms with E-state index < -0.39 is 0 Å². The van der Waals surface area contributed by atoms with Gasteiger partial charge in [0.15, 0.2) is 6.61 Å². The zero-order chi connectivity index (χ0) is 20.3. The maximum Gasteiger partial charge on any atom is 0.261 e. The Morgan fingerprint density at radius 1 is 1.04 bits per heavy atom. The van der Waals surface area contributed by atoms with Crippen LogP contribution in [0.5, 0.6) is 5.75 Å². The molecule has 0 bridgehead atoms. The summed E-state index contributed by atoms with van der Waals surface area (Å²) >= 11 is 0. The van der Waals surface area contributed by atoms with Crippen molar-refractivity contribution in [2.45, 2.75) is 78.7 Å². The Morgan fingerprint density at radius 3 is 1.88 bits per heavy atom. The minimum Gasteiger partial charge on any atom is -0.507 e. The molecule has 0 atom stereocenters. The van der Waals surface area contributed by atoms with E-state index in [9.17, 15) is 9.90 Å². The molecule has 5 nitrogen and oxygen atoms in total. The molecule has 1 aromatic rings. The molecule has 0 radical (unpaired) electrons. The van der Waals surface area contributed by atoms with Gasteiger partial charge in [-0.1, -0.05) is 46.7 Å². The fourth-order valence-corrected chi connectivity index (χ4v) is 2.52. The summed E-state index contributed by atoms with van der Waals surface area (Å²) in [6, 6.07) is 3.82. The summed E-state index contributed by atoms with van der Waals surface area (Å²) in [5.41, 5.74) is 1.83. The molecule has 0 unspecified atom stereocenters. The third-order valence-electron chi connectivity index (χ3n) is 3.73. The molecule has 1 aromatic carbocycles. The summed E-state index contributed by atoms with van der Waals surface area (Å²) in [4.78, 5) is 16.9. The maximum absolute atomic E-state index is 11.7. The summed E-state index contributed by atoms with van der Waals surface area (Å²) in [5, 5.41) is 17.4. The molecule has 1 amide bonds. The number of rotatable bonds is 4. The molecule has 2 N–H and O–H groups in total. The molecule has 0 aliphatic heterocycles. The fraction of sp³-hybridized carbons (Fsp3) is 0.619. The van der Waals surface area contributed by atoms with Crippen LogP contribution in [0.1, 0.15) is 79.0 Å². The van der Waals surface area contributed by atoms with Gasteiger partial charge in [0, 0.05) is 16.7 Å². The number of hydrogen-bond donors (Lipinski definition) is 2. The van der Waals surface area contributed by atoms with Crippen LogP contribution >= 0.6 is 0 Å². The average Bonchev–Trinajstić information content (AvgIpc) is 2.40. The summed E-state index contributed by atoms with van der Waals surface area (Å²) in [7, 11) is 0. The van der Waals surface area contributed by atoms with Crippen LogP contribution in [0.4, 0.5) is 0 Å². The number of phenolic OH excluding ortho intramolecular Hbond substituents is 1. The largest absolute Gasteiger partial charge is 0.507 e. The molecule has 26 heavy (non-hydrogen) atoms. The predicted molar refractivity (Wildman–Crippen MR) is 107 cm³/mol. The van der Waals surface area contributed by atoms with Crippen molar-refractivity contribution in [3.8, 4) is 5.75 Å². The monoisotopic (exact) mass is 362 g/mol. The van der Waals surface area contributed by atoms with Crippen molar-refractivity contribution in [3.05, 3.63) is 28.8 Å². The number of phenols is 1. The summed E-state index contributed by atoms with van der Waals surface area (Å²) in [6.07, 6.45) is 1.58. The van der Waals surface area contributed by atoms with Crippen LogP contribution in [0.3, 0.4) is 0 Å². The third kappa shape index (κ3) is 6.70. The molecular weight excluding hydrogens is 328 g/mol. The van der Waals surface area contributed by atoms with E-state index in [2.05, 4.69) is 52.0 Å². The van der Waals surface area contributed by atoms with Gasteiger partial charge in [-0.25, -0.2) is 0 Å². The third-order valence-corrected chi connectivity index (χ3v) is 3.73. The van der Waals surface area contributed by atoms with Gasteiger partial charge in [-0.2, -0.15) is 0 Å². The summed E-state index contributed by atoms with van der Waals surface area (Å²) in [6.45, 7) is 17.9. The topological polar surface area (TPSA) is 70.9 Å². The Kier molecular flexibility index (Phi) is 6.50. The van der Waals surface area contributed by atoms with Gasteiger partial charge in [-0.05, 0) is 49.3 Å². The molecule has 1 rings (SSSR count). The number of carbonyl (C=O) groups excluding carboxylic acids is 1. The number of benzene rings is 1. The molecule has 0 aliphatic rings. The number of aromatic hydroxyl groups is 1. The van der Waals surface area contributed by atoms with Gasteiger partial charge in [-0.15, -0.1) is 0 Å². The van der Waals surface area contributed by atoms with Crippen LogP contribution < -0.4 is 5.32 Å². The van der Waals surface area contributed by atoms with E-state index in [4.69, 9.17) is 4.84 Å². The highest BCUT2D eigenvalue weighted by molar-refractivity contribution is 5.81. The Balaban J connectivity index is 3.01. The lowest BCUT2D eigenvalue weighted by Crippen LogP contribution is -2.42. The van der Waals surface area contributed by atoms with E-state index in [1.165, 1.54) is 0 Å². The number of amides is 1. The van der Waals surface area contributed by atoms with E-state index in [0.29, 0.717) is 5.75 Å². The maximum atomic E-state index is 11.7. The van der Waals surface area contributed by atoms with Crippen molar-refractivity contribution >= 4 is 12.1 Å². The van der Waals surface area contributed by atoms with Crippen molar-refractivity contribution < 1.29 is 14.7 Å². The number of nitrogens with zero attached hydrogens (tertiary/aromatic N) is 1. The summed E-state index contributed by atoms with van der Waals surface area (Å²) in [5.74, 6) is 0.110. The minimum absolute atomic E-state index is 0.135. The Labute approximate surface area is 157 Å². The molecular formula is C21H34N2O3. The molecule has 146 valence electrons. The lowest BCUT2D eigenvalue weighted by Gasteiger charge is -2.27. The quantitative estimate of drug-likeness (QED) is 0.621. The van der Waals surface area contributed by atoms with Crippen molar-refractivity contribution in [3.63, 3.8) is 0 Å². The van der Waals surface area contributed by atoms with Gasteiger partial charge in [0.1, 0.15) is 5.75 Å². The average molecular weight is 363 g/mol. The second-order valence-corrected chi connectivity index (χ2v) is 9.77. The molecule has 0 aliphatic carbocycles. The van der Waals surface area contributed by atoms with Gasteiger partial charge in [0.2, 0.25) is 0 Å². The van der Waals surface area contributed by atoms with Crippen molar-refractivity contribution in [2.24, 2.45) is 5.16 Å². The van der Waals surface area contributed by atoms with E-state index in [1.54, 1.807) is 6.21 Å². The molecule has 0 spiro atoms. The SMILES string of the molecule is CC(C)(C)NC(=O)CO/N=C/c1cc(C(C)(C)C)c(O)c(C(C)(C)C)c1. The Hall–Kier alpha value is -2.04. The smallest absolute Gasteiger partial charge is 0.261 e. The lowest BCUT2D eigenvalue weighted by atomic mass is 9.78. The van der Waals surface area contributed by atoms with Crippen molar-refractivity contribution in [1.29, 1.82) is 0 Å². The molecule has 5 heteroatoms. The van der Waals surface area contributed by atoms with E-state index in [0.717, 1.165) is 16.7 Å². The molecule has 0 saturated heterocycles. The van der Waals surface area contributed by atoms with E-state index >= 15 is 0 Å². The first-order valence-electron chi connectivity index (χ1n) is 8.95. The zero-order valence-corrected chi connectivity index (χ0v) is 17.7. The van der Waals surface area contributed by atoms with Crippen LogP contribution in [0.15, 0.2) is 17.3 Å². The van der Waals surface area contributed by atoms with Gasteiger partial charge in [0.25, 0.3) is 5.91 Å². The molecule has 0 saturated carbocycles. The molecule has 0 aromatic heterocycles. The van der Waals surface area contributed by atoms with Crippen LogP contribution in [0, 0.1) is 0 Å². The minimum atomic E-state index is -0.301. The Bertz CT molecular complexity index is 637. The highest BCUT2D eigenvalue weighted by atomic mass is 16.6. The van der Waals surface area contributed by atoms with Gasteiger partial charge in [0.05, 0.1) is 6.21 Å². The first-order valence-corrected chi connectivity index (χ1v) is 8.95. The van der Waals surface area contributed by atoms with Gasteiger partial charge < -0.3 is 15.3 Å². The van der Waals surface area contributed by atoms with E-state index in [1.807, 2.05) is 32.9 Å². The van der Waals surface area contributed by atoms with Crippen molar-refractivity contribution in [2.75, 3.05) is 6.61 Å². The fourth-order valence-electron chi connectivity index (χ4n) is 2.52. The molecule has 0 fully saturated rings. The zero-order valence-electron chi connectivity index (χ0n) is 17.7. The first kappa shape index (κ1) is 22.0. The predicted octanol–water partition coefficient (Wildman–Crippen LogP) is 4.25. The number of carbonyl (C=O) groups is 1. The van der Waals surface area contributed by atoms with Crippen LogP contribution in [0.25, 0.3) is 0 Å². The van der Waals surface area contributed by atoms with Crippen LogP contribution in [-0.4, -0.2) is 29.4 Å². The second-order valence-electron chi connectivity index (χ2n) is 9.77. The lowest BCUT2D eigenvalue weighted by molar-refractivity contribution is -0.127. The highest BCUT2D eigenvalue weighted by Crippen LogP contribution is 2.39. The van der Waals surface area contributed by atoms with Gasteiger partial charge >= 0.3 is 0 Å². The van der Waals surface area contributed by atoms with Crippen LogP contribution in [-0.2, 0) is 20.5 Å². The first-order chi connectivity index (χ1) is 11.6. The number of oxime groups is 1. The highest BCUT2D eigenvalue weighted by Gasteiger charge is 2.26. The molecule has 0 heterocycles. The summed E-state index contributed by atoms with van der Waals surface area (Å²) < 4.78 is 0. The second kappa shape index (κ2) is 7.68. The Morgan fingerprint density at radius 2 is 1.50 bits per heavy atom. The number of nitrogens with one attached hydrogen (secondary N) is 1. The van der Waals surface area contributed by atoms with Crippen LogP contribution in [0.2, 0.25) is 0 Å². The van der Waals surface area contributed by atoms with Crippen molar-refractivity contribution in [1.82, 2.24) is 5.32 Å². The normalized spacial score (nSPS) is 13.1.